The van der Waals surface area contributed by atoms with Crippen LogP contribution in [0.15, 0.2) is 62.3 Å². The number of nitrogens with one attached hydrogen (secondary N) is 1. The SMILES string of the molecule is CCCCCCOc1ccc(NC(=O)CC2SC(=NS(=O)(=O)c3ccc(Br)cc3)N(CC)C2=O)cc1. The molecule has 2 aromatic carbocycles. The van der Waals surface area contributed by atoms with E-state index in [1.165, 1.54) is 29.9 Å². The van der Waals surface area contributed by atoms with Crippen molar-refractivity contribution < 1.29 is 22.7 Å². The van der Waals surface area contributed by atoms with Gasteiger partial charge in [0.05, 0.1) is 11.5 Å². The molecule has 0 radical (unpaired) electrons. The topological polar surface area (TPSA) is 105 Å². The number of hydrogen-bond donors (Lipinski definition) is 1. The van der Waals surface area contributed by atoms with Crippen LogP contribution in [0.25, 0.3) is 0 Å². The quantitative estimate of drug-likeness (QED) is 0.327. The summed E-state index contributed by atoms with van der Waals surface area (Å²) >= 11 is 4.26. The molecule has 1 heterocycles. The number of amides is 2. The summed E-state index contributed by atoms with van der Waals surface area (Å²) in [5, 5.41) is 2.10. The largest absolute Gasteiger partial charge is 0.494 e. The Bertz CT molecular complexity index is 1190. The van der Waals surface area contributed by atoms with E-state index in [0.717, 1.165) is 34.8 Å². The molecule has 0 saturated carbocycles. The highest BCUT2D eigenvalue weighted by Gasteiger charge is 2.39. The molecule has 0 bridgehead atoms. The number of sulfonamides is 1. The van der Waals surface area contributed by atoms with Crippen LogP contribution in [0.3, 0.4) is 0 Å². The monoisotopic (exact) mass is 595 g/mol. The molecule has 1 atom stereocenters. The van der Waals surface area contributed by atoms with Crippen LogP contribution in [-0.2, 0) is 19.6 Å². The zero-order chi connectivity index (χ0) is 26.1. The number of carbonyl (C=O) groups excluding carboxylic acids is 2. The first-order valence-electron chi connectivity index (χ1n) is 11.8. The molecule has 3 rings (SSSR count). The molecule has 36 heavy (non-hydrogen) atoms. The maximum Gasteiger partial charge on any atom is 0.284 e. The summed E-state index contributed by atoms with van der Waals surface area (Å²) in [6, 6.07) is 13.2. The van der Waals surface area contributed by atoms with Gasteiger partial charge in [-0.1, -0.05) is 53.9 Å². The molecule has 11 heteroatoms. The Balaban J connectivity index is 1.59. The van der Waals surface area contributed by atoms with Crippen molar-refractivity contribution >= 4 is 60.4 Å². The maximum atomic E-state index is 12.8. The standard InChI is InChI=1S/C25H30BrN3O5S2/c1-3-5-6-7-16-34-20-12-10-19(11-13-20)27-23(30)17-22-24(31)29(4-2)25(35-22)28-36(32,33)21-14-8-18(26)9-15-21/h8-15,22H,3-7,16-17H2,1-2H3,(H,27,30). The molecular formula is C25H30BrN3O5S2. The van der Waals surface area contributed by atoms with Crippen molar-refractivity contribution in [3.05, 3.63) is 53.0 Å². The molecule has 0 aliphatic carbocycles. The van der Waals surface area contributed by atoms with Crippen LogP contribution in [-0.4, -0.2) is 48.7 Å². The van der Waals surface area contributed by atoms with Crippen LogP contribution in [0.1, 0.15) is 46.0 Å². The first-order chi connectivity index (χ1) is 17.2. The Hall–Kier alpha value is -2.37. The second kappa shape index (κ2) is 13.3. The second-order valence-electron chi connectivity index (χ2n) is 8.18. The van der Waals surface area contributed by atoms with Crippen molar-refractivity contribution in [2.75, 3.05) is 18.5 Å². The first kappa shape index (κ1) is 28.2. The minimum absolute atomic E-state index is 0.0249. The van der Waals surface area contributed by atoms with E-state index in [1.807, 2.05) is 0 Å². The Morgan fingerprint density at radius 3 is 2.42 bits per heavy atom. The van der Waals surface area contributed by atoms with Gasteiger partial charge in [0.25, 0.3) is 10.0 Å². The summed E-state index contributed by atoms with van der Waals surface area (Å²) in [5.41, 5.74) is 0.591. The molecule has 1 aliphatic heterocycles. The van der Waals surface area contributed by atoms with Gasteiger partial charge >= 0.3 is 0 Å². The number of thioether (sulfide) groups is 1. The highest BCUT2D eigenvalue weighted by atomic mass is 79.9. The fourth-order valence-electron chi connectivity index (χ4n) is 3.50. The summed E-state index contributed by atoms with van der Waals surface area (Å²) in [4.78, 5) is 26.8. The third-order valence-electron chi connectivity index (χ3n) is 5.42. The number of hydrogen-bond acceptors (Lipinski definition) is 6. The van der Waals surface area contributed by atoms with Gasteiger partial charge in [0.2, 0.25) is 11.8 Å². The minimum Gasteiger partial charge on any atom is -0.494 e. The minimum atomic E-state index is -4.00. The van der Waals surface area contributed by atoms with E-state index >= 15 is 0 Å². The van der Waals surface area contributed by atoms with Crippen molar-refractivity contribution in [2.45, 2.75) is 56.1 Å². The fraction of sp³-hybridized carbons (Fsp3) is 0.400. The van der Waals surface area contributed by atoms with Gasteiger partial charge in [0.1, 0.15) is 11.0 Å². The molecule has 2 amide bonds. The van der Waals surface area contributed by atoms with E-state index < -0.39 is 15.3 Å². The molecule has 1 fully saturated rings. The molecular weight excluding hydrogens is 566 g/mol. The van der Waals surface area contributed by atoms with Crippen LogP contribution in [0.2, 0.25) is 0 Å². The van der Waals surface area contributed by atoms with Crippen LogP contribution in [0, 0.1) is 0 Å². The van der Waals surface area contributed by atoms with Crippen LogP contribution in [0.5, 0.6) is 5.75 Å². The maximum absolute atomic E-state index is 12.8. The Kier molecular flexibility index (Phi) is 10.4. The highest BCUT2D eigenvalue weighted by Crippen LogP contribution is 2.31. The molecule has 194 valence electrons. The molecule has 1 unspecified atom stereocenters. The fourth-order valence-corrected chi connectivity index (χ4v) is 6.18. The molecule has 1 aliphatic rings. The van der Waals surface area contributed by atoms with Crippen molar-refractivity contribution in [2.24, 2.45) is 4.40 Å². The predicted octanol–water partition coefficient (Wildman–Crippen LogP) is 5.45. The summed E-state index contributed by atoms with van der Waals surface area (Å²) in [5.74, 6) is 0.0498. The highest BCUT2D eigenvalue weighted by molar-refractivity contribution is 9.10. The summed E-state index contributed by atoms with van der Waals surface area (Å²) in [6.07, 6.45) is 4.41. The zero-order valence-corrected chi connectivity index (χ0v) is 23.5. The number of amidine groups is 1. The molecule has 0 aromatic heterocycles. The van der Waals surface area contributed by atoms with Crippen molar-refractivity contribution in [3.8, 4) is 5.75 Å². The lowest BCUT2D eigenvalue weighted by Gasteiger charge is -2.13. The number of carbonyl (C=O) groups is 2. The molecule has 2 aromatic rings. The number of nitrogens with zero attached hydrogens (tertiary/aromatic N) is 2. The van der Waals surface area contributed by atoms with Gasteiger partial charge in [-0.05, 0) is 61.9 Å². The van der Waals surface area contributed by atoms with Crippen molar-refractivity contribution in [3.63, 3.8) is 0 Å². The first-order valence-corrected chi connectivity index (χ1v) is 15.0. The van der Waals surface area contributed by atoms with Gasteiger partial charge in [0.15, 0.2) is 5.17 Å². The van der Waals surface area contributed by atoms with E-state index in [9.17, 15) is 18.0 Å². The lowest BCUT2D eigenvalue weighted by Crippen LogP contribution is -2.33. The summed E-state index contributed by atoms with van der Waals surface area (Å²) < 4.78 is 35.8. The Morgan fingerprint density at radius 1 is 1.08 bits per heavy atom. The molecule has 1 N–H and O–H groups in total. The van der Waals surface area contributed by atoms with Gasteiger partial charge in [-0.3, -0.25) is 14.5 Å². The third-order valence-corrected chi connectivity index (χ3v) is 8.52. The smallest absolute Gasteiger partial charge is 0.284 e. The number of anilines is 1. The van der Waals surface area contributed by atoms with Gasteiger partial charge < -0.3 is 10.1 Å². The predicted molar refractivity (Wildman–Crippen MR) is 147 cm³/mol. The van der Waals surface area contributed by atoms with Crippen LogP contribution in [0.4, 0.5) is 5.69 Å². The molecule has 1 saturated heterocycles. The van der Waals surface area contributed by atoms with E-state index in [2.05, 4.69) is 32.6 Å². The Morgan fingerprint density at radius 2 is 1.78 bits per heavy atom. The second-order valence-corrected chi connectivity index (χ2v) is 11.9. The van der Waals surface area contributed by atoms with E-state index in [1.54, 1.807) is 43.3 Å². The average molecular weight is 597 g/mol. The van der Waals surface area contributed by atoms with E-state index in [0.29, 0.717) is 12.3 Å². The van der Waals surface area contributed by atoms with E-state index in [-0.39, 0.29) is 34.8 Å². The van der Waals surface area contributed by atoms with Crippen molar-refractivity contribution in [1.29, 1.82) is 0 Å². The van der Waals surface area contributed by atoms with Crippen LogP contribution < -0.4 is 10.1 Å². The number of ether oxygens (including phenoxy) is 1. The normalized spacial score (nSPS) is 17.0. The van der Waals surface area contributed by atoms with Crippen LogP contribution >= 0.6 is 27.7 Å². The van der Waals surface area contributed by atoms with Gasteiger partial charge in [0, 0.05) is 23.1 Å². The molecule has 0 spiro atoms. The molecule has 8 nitrogen and oxygen atoms in total. The number of rotatable bonds is 12. The number of unbranched alkanes of at least 4 members (excludes halogenated alkanes) is 3. The number of benzene rings is 2. The van der Waals surface area contributed by atoms with E-state index in [4.69, 9.17) is 4.74 Å². The van der Waals surface area contributed by atoms with Gasteiger partial charge in [-0.25, -0.2) is 0 Å². The lowest BCUT2D eigenvalue weighted by atomic mass is 10.2. The van der Waals surface area contributed by atoms with Gasteiger partial charge in [-0.15, -0.1) is 4.40 Å². The van der Waals surface area contributed by atoms with Crippen molar-refractivity contribution in [1.82, 2.24) is 4.90 Å². The summed E-state index contributed by atoms with van der Waals surface area (Å²) in [6.45, 7) is 4.80. The lowest BCUT2D eigenvalue weighted by molar-refractivity contribution is -0.128. The number of halogens is 1. The average Bonchev–Trinajstić information content (AvgIpc) is 3.13. The Labute approximate surface area is 225 Å². The third kappa shape index (κ3) is 7.81. The van der Waals surface area contributed by atoms with Gasteiger partial charge in [-0.2, -0.15) is 8.42 Å². The summed E-state index contributed by atoms with van der Waals surface area (Å²) in [7, 11) is -4.00. The zero-order valence-electron chi connectivity index (χ0n) is 20.3.